The Balaban J connectivity index is 1.28. The minimum absolute atomic E-state index is 0.0252. The zero-order valence-corrected chi connectivity index (χ0v) is 17.2. The molecular weight excluding hydrogens is 452 g/mol. The molecule has 34 heavy (non-hydrogen) atoms. The van der Waals surface area contributed by atoms with Crippen molar-refractivity contribution in [2.45, 2.75) is 18.6 Å². The van der Waals surface area contributed by atoms with E-state index in [-0.39, 0.29) is 35.1 Å². The normalized spacial score (nSPS) is 18.4. The molecule has 9 heteroatoms. The molecule has 3 aromatic carbocycles. The first-order valence-corrected chi connectivity index (χ1v) is 10.4. The van der Waals surface area contributed by atoms with E-state index in [1.54, 1.807) is 42.5 Å². The van der Waals surface area contributed by atoms with Crippen molar-refractivity contribution in [3.05, 3.63) is 94.6 Å². The second-order valence-corrected chi connectivity index (χ2v) is 8.02. The molecule has 1 aromatic heterocycles. The molecule has 2 atom stereocenters. The number of hydrogen-bond donors (Lipinski definition) is 1. The van der Waals surface area contributed by atoms with E-state index >= 15 is 0 Å². The molecule has 6 rings (SSSR count). The number of rotatable bonds is 3. The van der Waals surface area contributed by atoms with Gasteiger partial charge in [-0.05, 0) is 30.3 Å². The lowest BCUT2D eigenvalue weighted by Gasteiger charge is -2.14. The summed E-state index contributed by atoms with van der Waals surface area (Å²) in [6.45, 7) is 0. The highest BCUT2D eigenvalue weighted by atomic mass is 19.2. The lowest BCUT2D eigenvalue weighted by atomic mass is 10.1. The third kappa shape index (κ3) is 3.07. The quantitative estimate of drug-likeness (QED) is 0.238. The maximum atomic E-state index is 14.4. The molecule has 1 aliphatic carbocycles. The van der Waals surface area contributed by atoms with Gasteiger partial charge in [0.05, 0.1) is 6.04 Å². The summed E-state index contributed by atoms with van der Waals surface area (Å²) < 4.78 is 67.5. The molecule has 2 aliphatic rings. The molecule has 2 heterocycles. The molecule has 0 bridgehead atoms. The number of ether oxygens (including phenoxy) is 2. The Morgan fingerprint density at radius 3 is 2.56 bits per heavy atom. The van der Waals surface area contributed by atoms with Gasteiger partial charge in [-0.15, -0.1) is 0 Å². The van der Waals surface area contributed by atoms with Gasteiger partial charge in [0.15, 0.2) is 29.4 Å². The summed E-state index contributed by atoms with van der Waals surface area (Å²) >= 11 is 0. The van der Waals surface area contributed by atoms with E-state index in [0.717, 1.165) is 5.39 Å². The number of fused-ring (bicyclic) bond motifs is 4. The maximum Gasteiger partial charge on any atom is 0.219 e. The standard InChI is InChI=1S/C25H14F4N2O3/c26-19-14-10-15-24(18(14)20(27)22(29)21(19)28)34-25(30-15)12-4-1-5-13(9-12)33-17-8-7-11-3-2-6-16(32)23(11)31-17/h1-9,15,24,32H,10H2/t15-,24-/m0/s1. The second kappa shape index (κ2) is 7.44. The number of benzene rings is 3. The average Bonchev–Trinajstić information content (AvgIpc) is 3.41. The highest BCUT2D eigenvalue weighted by Gasteiger charge is 2.45. The molecule has 5 nitrogen and oxygen atoms in total. The van der Waals surface area contributed by atoms with E-state index in [1.165, 1.54) is 6.07 Å². The van der Waals surface area contributed by atoms with Crippen molar-refractivity contribution in [3.63, 3.8) is 0 Å². The summed E-state index contributed by atoms with van der Waals surface area (Å²) in [5.74, 6) is -5.74. The Hall–Kier alpha value is -4.14. The number of aliphatic imine (C=N–C) groups is 1. The fourth-order valence-corrected chi connectivity index (χ4v) is 4.38. The Bertz CT molecular complexity index is 1520. The van der Waals surface area contributed by atoms with Gasteiger partial charge in [-0.3, -0.25) is 0 Å². The summed E-state index contributed by atoms with van der Waals surface area (Å²) in [7, 11) is 0. The molecule has 170 valence electrons. The molecule has 0 saturated carbocycles. The fraction of sp³-hybridized carbons (Fsp3) is 0.120. The number of para-hydroxylation sites is 1. The molecule has 0 radical (unpaired) electrons. The Morgan fingerprint density at radius 2 is 1.71 bits per heavy atom. The van der Waals surface area contributed by atoms with Crippen molar-refractivity contribution in [1.82, 2.24) is 4.98 Å². The lowest BCUT2D eigenvalue weighted by molar-refractivity contribution is 0.202. The highest BCUT2D eigenvalue weighted by Crippen LogP contribution is 2.44. The number of hydrogen-bond acceptors (Lipinski definition) is 5. The van der Waals surface area contributed by atoms with Crippen molar-refractivity contribution in [2.75, 3.05) is 0 Å². The van der Waals surface area contributed by atoms with Gasteiger partial charge in [0, 0.05) is 34.6 Å². The van der Waals surface area contributed by atoms with Gasteiger partial charge in [-0.25, -0.2) is 27.5 Å². The Kier molecular flexibility index (Phi) is 4.48. The van der Waals surface area contributed by atoms with Crippen molar-refractivity contribution >= 4 is 16.8 Å². The minimum atomic E-state index is -1.86. The number of pyridine rings is 1. The third-order valence-electron chi connectivity index (χ3n) is 5.95. The number of halogens is 4. The van der Waals surface area contributed by atoms with Gasteiger partial charge in [0.25, 0.3) is 0 Å². The van der Waals surface area contributed by atoms with Crippen LogP contribution < -0.4 is 4.74 Å². The Labute approximate surface area is 189 Å². The van der Waals surface area contributed by atoms with E-state index < -0.39 is 35.4 Å². The molecule has 0 spiro atoms. The van der Waals surface area contributed by atoms with E-state index in [0.29, 0.717) is 16.8 Å². The smallest absolute Gasteiger partial charge is 0.219 e. The lowest BCUT2D eigenvalue weighted by Crippen LogP contribution is -2.11. The van der Waals surface area contributed by atoms with Crippen LogP contribution >= 0.6 is 0 Å². The molecule has 4 aromatic rings. The molecule has 0 unspecified atom stereocenters. The van der Waals surface area contributed by atoms with Gasteiger partial charge in [0.1, 0.15) is 17.0 Å². The van der Waals surface area contributed by atoms with Crippen LogP contribution in [0.2, 0.25) is 0 Å². The van der Waals surface area contributed by atoms with Crippen LogP contribution in [0.5, 0.6) is 17.4 Å². The zero-order valence-electron chi connectivity index (χ0n) is 17.2. The number of aromatic nitrogens is 1. The first kappa shape index (κ1) is 20.5. The first-order chi connectivity index (χ1) is 16.4. The van der Waals surface area contributed by atoms with Crippen LogP contribution in [0.4, 0.5) is 17.6 Å². The summed E-state index contributed by atoms with van der Waals surface area (Å²) in [6, 6.07) is 14.4. The molecule has 0 amide bonds. The number of phenolic OH excluding ortho intramolecular Hbond substituents is 1. The number of aromatic hydroxyl groups is 1. The molecule has 1 aliphatic heterocycles. The fourth-order valence-electron chi connectivity index (χ4n) is 4.38. The monoisotopic (exact) mass is 466 g/mol. The predicted molar refractivity (Wildman–Crippen MR) is 114 cm³/mol. The van der Waals surface area contributed by atoms with Crippen LogP contribution in [-0.2, 0) is 11.2 Å². The van der Waals surface area contributed by atoms with Gasteiger partial charge < -0.3 is 14.6 Å². The summed E-state index contributed by atoms with van der Waals surface area (Å²) in [6.07, 6.45) is -1.16. The topological polar surface area (TPSA) is 63.9 Å². The largest absolute Gasteiger partial charge is 0.506 e. The minimum Gasteiger partial charge on any atom is -0.506 e. The SMILES string of the molecule is Oc1cccc2ccc(Oc3cccc(C4=N[C@H]5Cc6c(F)c(F)c(F)c(F)c6[C@H]5O4)c3)nc12. The van der Waals surface area contributed by atoms with Crippen LogP contribution in [0.25, 0.3) is 10.9 Å². The van der Waals surface area contributed by atoms with Crippen LogP contribution in [0.15, 0.2) is 59.6 Å². The molecule has 0 fully saturated rings. The van der Waals surface area contributed by atoms with Gasteiger partial charge in [-0.2, -0.15) is 0 Å². The van der Waals surface area contributed by atoms with Crippen LogP contribution in [0, 0.1) is 23.3 Å². The highest BCUT2D eigenvalue weighted by molar-refractivity contribution is 5.96. The van der Waals surface area contributed by atoms with Crippen molar-refractivity contribution in [3.8, 4) is 17.4 Å². The first-order valence-electron chi connectivity index (χ1n) is 10.4. The van der Waals surface area contributed by atoms with Gasteiger partial charge >= 0.3 is 0 Å². The van der Waals surface area contributed by atoms with Crippen molar-refractivity contribution < 1.29 is 32.1 Å². The number of nitrogens with zero attached hydrogens (tertiary/aromatic N) is 2. The summed E-state index contributed by atoms with van der Waals surface area (Å²) in [5.41, 5.74) is 0.300. The molecule has 0 saturated heterocycles. The van der Waals surface area contributed by atoms with Gasteiger partial charge in [0.2, 0.25) is 11.8 Å². The van der Waals surface area contributed by atoms with Gasteiger partial charge in [-0.1, -0.05) is 18.2 Å². The van der Waals surface area contributed by atoms with Crippen LogP contribution in [-0.4, -0.2) is 22.0 Å². The van der Waals surface area contributed by atoms with E-state index in [1.807, 2.05) is 6.07 Å². The van der Waals surface area contributed by atoms with Crippen molar-refractivity contribution in [2.24, 2.45) is 4.99 Å². The molecule has 1 N–H and O–H groups in total. The summed E-state index contributed by atoms with van der Waals surface area (Å²) in [5, 5.41) is 10.8. The summed E-state index contributed by atoms with van der Waals surface area (Å²) in [4.78, 5) is 8.71. The van der Waals surface area contributed by atoms with E-state index in [9.17, 15) is 22.7 Å². The second-order valence-electron chi connectivity index (χ2n) is 8.02. The number of phenols is 1. The van der Waals surface area contributed by atoms with Crippen molar-refractivity contribution in [1.29, 1.82) is 0 Å². The maximum absolute atomic E-state index is 14.4. The van der Waals surface area contributed by atoms with E-state index in [4.69, 9.17) is 9.47 Å². The van der Waals surface area contributed by atoms with Crippen LogP contribution in [0.1, 0.15) is 22.8 Å². The zero-order chi connectivity index (χ0) is 23.6. The average molecular weight is 466 g/mol. The Morgan fingerprint density at radius 1 is 0.912 bits per heavy atom. The predicted octanol–water partition coefficient (Wildman–Crippen LogP) is 5.73. The van der Waals surface area contributed by atoms with E-state index in [2.05, 4.69) is 9.98 Å². The van der Waals surface area contributed by atoms with Crippen LogP contribution in [0.3, 0.4) is 0 Å². The third-order valence-corrected chi connectivity index (χ3v) is 5.95. The molecular formula is C25H14F4N2O3.